The minimum absolute atomic E-state index is 0.0369. The summed E-state index contributed by atoms with van der Waals surface area (Å²) < 4.78 is 20.6. The summed E-state index contributed by atoms with van der Waals surface area (Å²) in [6, 6.07) is 0.351. The summed E-state index contributed by atoms with van der Waals surface area (Å²) in [5.41, 5.74) is 4.65. The van der Waals surface area contributed by atoms with Gasteiger partial charge in [0.1, 0.15) is 18.0 Å². The lowest BCUT2D eigenvalue weighted by Crippen LogP contribution is -2.55. The summed E-state index contributed by atoms with van der Waals surface area (Å²) in [6.07, 6.45) is -3.63. The zero-order chi connectivity index (χ0) is 14.2. The van der Waals surface area contributed by atoms with Gasteiger partial charge in [-0.15, -0.1) is 0 Å². The Bertz CT molecular complexity index is 509. The van der Waals surface area contributed by atoms with Gasteiger partial charge < -0.3 is 20.7 Å². The van der Waals surface area contributed by atoms with Gasteiger partial charge in [-0.25, -0.2) is 9.18 Å². The second-order valence-corrected chi connectivity index (χ2v) is 4.53. The second kappa shape index (κ2) is 5.24. The first kappa shape index (κ1) is 13.9. The van der Waals surface area contributed by atoms with Gasteiger partial charge in [-0.1, -0.05) is 0 Å². The first-order valence-corrected chi connectivity index (χ1v) is 5.89. The first-order chi connectivity index (χ1) is 8.95. The second-order valence-electron chi connectivity index (χ2n) is 4.53. The van der Waals surface area contributed by atoms with Gasteiger partial charge in [-0.3, -0.25) is 4.57 Å². The molecular formula is C11H16FN3O4. The molecule has 1 saturated heterocycles. The van der Waals surface area contributed by atoms with Gasteiger partial charge in [0.05, 0.1) is 18.8 Å². The number of nitrogens with zero attached hydrogens (tertiary/aromatic N) is 2. The van der Waals surface area contributed by atoms with Crippen molar-refractivity contribution in [2.45, 2.75) is 37.4 Å². The molecule has 0 aromatic carbocycles. The number of rotatable bonds is 2. The van der Waals surface area contributed by atoms with Crippen LogP contribution < -0.4 is 11.4 Å². The molecular weight excluding hydrogens is 257 g/mol. The number of hydrogen-bond donors (Lipinski definition) is 3. The Balaban J connectivity index is 2.36. The van der Waals surface area contributed by atoms with Gasteiger partial charge in [-0.05, 0) is 13.0 Å². The number of alkyl halides is 1. The number of aromatic nitrogens is 2. The molecule has 1 aromatic rings. The number of ether oxygens (including phenoxy) is 1. The third-order valence-electron chi connectivity index (χ3n) is 3.26. The Kier molecular flexibility index (Phi) is 3.83. The van der Waals surface area contributed by atoms with Gasteiger partial charge in [0, 0.05) is 6.20 Å². The summed E-state index contributed by atoms with van der Waals surface area (Å²) >= 11 is 0. The summed E-state index contributed by atoms with van der Waals surface area (Å²) in [7, 11) is 0. The van der Waals surface area contributed by atoms with Gasteiger partial charge in [0.2, 0.25) is 0 Å². The number of anilines is 1. The third kappa shape index (κ3) is 2.46. The maximum absolute atomic E-state index is 14.2. The van der Waals surface area contributed by atoms with E-state index in [4.69, 9.17) is 15.6 Å². The van der Waals surface area contributed by atoms with Crippen LogP contribution in [0.25, 0.3) is 0 Å². The minimum Gasteiger partial charge on any atom is -0.394 e. The Morgan fingerprint density at radius 1 is 1.63 bits per heavy atom. The predicted molar refractivity (Wildman–Crippen MR) is 64.3 cm³/mol. The number of aliphatic hydroxyl groups excluding tert-OH is 2. The molecule has 1 aliphatic rings. The van der Waals surface area contributed by atoms with Crippen LogP contribution in [-0.2, 0) is 4.74 Å². The van der Waals surface area contributed by atoms with Crippen LogP contribution in [0.2, 0.25) is 0 Å². The van der Waals surface area contributed by atoms with Crippen molar-refractivity contribution in [1.82, 2.24) is 9.55 Å². The quantitative estimate of drug-likeness (QED) is 0.627. The molecule has 0 radical (unpaired) electrons. The van der Waals surface area contributed by atoms with Crippen LogP contribution in [0.5, 0.6) is 0 Å². The summed E-state index contributed by atoms with van der Waals surface area (Å²) in [6.45, 7) is 1.07. The normalized spacial score (nSPS) is 35.3. The number of halogens is 1. The molecule has 1 unspecified atom stereocenters. The summed E-state index contributed by atoms with van der Waals surface area (Å²) in [5, 5.41) is 18.7. The number of nitrogens with two attached hydrogens (primary N) is 1. The molecule has 0 amide bonds. The molecule has 4 N–H and O–H groups in total. The number of nitrogen functional groups attached to an aromatic ring is 1. The average molecular weight is 273 g/mol. The Morgan fingerprint density at radius 2 is 2.32 bits per heavy atom. The topological polar surface area (TPSA) is 111 Å². The number of hydrogen-bond acceptors (Lipinski definition) is 6. The molecule has 1 aromatic heterocycles. The predicted octanol–water partition coefficient (Wildman–Crippen LogP) is -1.15. The lowest BCUT2D eigenvalue weighted by molar-refractivity contribution is -0.181. The molecule has 0 aliphatic carbocycles. The molecule has 2 rings (SSSR count). The molecule has 1 aliphatic heterocycles. The maximum atomic E-state index is 14.2. The fourth-order valence-electron chi connectivity index (χ4n) is 2.29. The van der Waals surface area contributed by atoms with Crippen LogP contribution >= 0.6 is 0 Å². The zero-order valence-electron chi connectivity index (χ0n) is 10.3. The van der Waals surface area contributed by atoms with Crippen molar-refractivity contribution in [3.63, 3.8) is 0 Å². The molecule has 2 heterocycles. The monoisotopic (exact) mass is 273 g/mol. The Morgan fingerprint density at radius 3 is 2.89 bits per heavy atom. The van der Waals surface area contributed by atoms with E-state index >= 15 is 0 Å². The molecule has 0 saturated carbocycles. The summed E-state index contributed by atoms with van der Waals surface area (Å²) in [5.74, 6) is 0.0369. The highest BCUT2D eigenvalue weighted by atomic mass is 19.1. The van der Waals surface area contributed by atoms with Crippen molar-refractivity contribution in [3.8, 4) is 0 Å². The van der Waals surface area contributed by atoms with E-state index in [1.807, 2.05) is 0 Å². The Hall–Kier alpha value is -1.51. The van der Waals surface area contributed by atoms with Crippen molar-refractivity contribution in [3.05, 3.63) is 22.7 Å². The molecule has 5 atom stereocenters. The molecule has 106 valence electrons. The third-order valence-corrected chi connectivity index (χ3v) is 3.26. The molecule has 8 heteroatoms. The van der Waals surface area contributed by atoms with Crippen LogP contribution in [0.3, 0.4) is 0 Å². The molecule has 7 nitrogen and oxygen atoms in total. The standard InChI is InChI=1S/C11H16FN3O4/c1-5-9(8(12)10(17)6(4-16)19-5)15-3-2-7(13)14-11(15)18/h2-3,5-6,8-10,16-17H,4H2,1H3,(H2,13,14,18)/t5?,6-,8-,9-,10+/m1/s1. The zero-order valence-corrected chi connectivity index (χ0v) is 10.3. The molecule has 0 bridgehead atoms. The summed E-state index contributed by atoms with van der Waals surface area (Å²) in [4.78, 5) is 15.2. The van der Waals surface area contributed by atoms with Crippen molar-refractivity contribution in [2.75, 3.05) is 12.3 Å². The van der Waals surface area contributed by atoms with Crippen LogP contribution in [0.4, 0.5) is 10.2 Å². The van der Waals surface area contributed by atoms with E-state index in [-0.39, 0.29) is 5.82 Å². The van der Waals surface area contributed by atoms with Crippen molar-refractivity contribution in [1.29, 1.82) is 0 Å². The van der Waals surface area contributed by atoms with Gasteiger partial charge in [-0.2, -0.15) is 4.98 Å². The van der Waals surface area contributed by atoms with Crippen molar-refractivity contribution >= 4 is 5.82 Å². The van der Waals surface area contributed by atoms with E-state index in [1.54, 1.807) is 6.92 Å². The van der Waals surface area contributed by atoms with E-state index in [1.165, 1.54) is 12.3 Å². The highest BCUT2D eigenvalue weighted by Crippen LogP contribution is 2.31. The maximum Gasteiger partial charge on any atom is 0.349 e. The first-order valence-electron chi connectivity index (χ1n) is 5.89. The molecule has 0 spiro atoms. The van der Waals surface area contributed by atoms with E-state index in [0.29, 0.717) is 0 Å². The van der Waals surface area contributed by atoms with E-state index in [0.717, 1.165) is 4.57 Å². The van der Waals surface area contributed by atoms with Crippen LogP contribution in [0, 0.1) is 0 Å². The van der Waals surface area contributed by atoms with Crippen LogP contribution in [0.1, 0.15) is 13.0 Å². The lowest BCUT2D eigenvalue weighted by Gasteiger charge is -2.40. The SMILES string of the molecule is CC1O[C@H](CO)[C@H](O)[C@H](F)[C@@H]1n1ccc(N)nc1=O. The van der Waals surface area contributed by atoms with Gasteiger partial charge in [0.25, 0.3) is 0 Å². The van der Waals surface area contributed by atoms with Gasteiger partial charge >= 0.3 is 5.69 Å². The van der Waals surface area contributed by atoms with Gasteiger partial charge in [0.15, 0.2) is 6.17 Å². The molecule has 1 fully saturated rings. The van der Waals surface area contributed by atoms with Crippen LogP contribution in [0.15, 0.2) is 17.1 Å². The smallest absolute Gasteiger partial charge is 0.349 e. The minimum atomic E-state index is -1.75. The molecule has 19 heavy (non-hydrogen) atoms. The number of aliphatic hydroxyl groups is 2. The highest BCUT2D eigenvalue weighted by molar-refractivity contribution is 5.23. The fraction of sp³-hybridized carbons (Fsp3) is 0.636. The fourth-order valence-corrected chi connectivity index (χ4v) is 2.29. The van der Waals surface area contributed by atoms with Crippen molar-refractivity contribution < 1.29 is 19.3 Å². The van der Waals surface area contributed by atoms with E-state index in [2.05, 4.69) is 4.98 Å². The Labute approximate surface area is 108 Å². The van der Waals surface area contributed by atoms with Crippen molar-refractivity contribution in [2.24, 2.45) is 0 Å². The van der Waals surface area contributed by atoms with E-state index in [9.17, 15) is 14.3 Å². The van der Waals surface area contributed by atoms with E-state index < -0.39 is 42.8 Å². The highest BCUT2D eigenvalue weighted by Gasteiger charge is 2.44. The van der Waals surface area contributed by atoms with Crippen LogP contribution in [-0.4, -0.2) is 50.9 Å². The largest absolute Gasteiger partial charge is 0.394 e. The average Bonchev–Trinajstić information content (AvgIpc) is 2.36. The lowest BCUT2D eigenvalue weighted by atomic mass is 9.94.